The summed E-state index contributed by atoms with van der Waals surface area (Å²) >= 11 is 3.32. The van der Waals surface area contributed by atoms with Gasteiger partial charge in [0.25, 0.3) is 0 Å². The van der Waals surface area contributed by atoms with E-state index in [0.29, 0.717) is 12.2 Å². The summed E-state index contributed by atoms with van der Waals surface area (Å²) < 4.78 is 0.787. The Morgan fingerprint density at radius 2 is 2.24 bits per heavy atom. The van der Waals surface area contributed by atoms with Gasteiger partial charge in [-0.2, -0.15) is 0 Å². The average Bonchev–Trinajstić information content (AvgIpc) is 2.24. The van der Waals surface area contributed by atoms with Crippen LogP contribution in [0.25, 0.3) is 0 Å². The zero-order valence-corrected chi connectivity index (χ0v) is 11.9. The van der Waals surface area contributed by atoms with E-state index in [4.69, 9.17) is 5.73 Å². The molecule has 94 valence electrons. The largest absolute Gasteiger partial charge is 0.330 e. The van der Waals surface area contributed by atoms with Gasteiger partial charge in [-0.05, 0) is 40.4 Å². The number of nitrogens with two attached hydrogens (primary N) is 1. The van der Waals surface area contributed by atoms with Gasteiger partial charge in [-0.3, -0.25) is 4.79 Å². The van der Waals surface area contributed by atoms with Gasteiger partial charge in [0.05, 0.1) is 17.8 Å². The Morgan fingerprint density at radius 3 is 2.71 bits per heavy atom. The maximum Gasteiger partial charge on any atom is 0.229 e. The highest BCUT2D eigenvalue weighted by atomic mass is 79.9. The predicted octanol–water partition coefficient (Wildman–Crippen LogP) is 2.32. The van der Waals surface area contributed by atoms with Crippen LogP contribution in [-0.4, -0.2) is 17.4 Å². The number of nitrogens with one attached hydrogen (secondary N) is 1. The van der Waals surface area contributed by atoms with E-state index in [0.717, 1.165) is 10.2 Å². The van der Waals surface area contributed by atoms with Crippen molar-refractivity contribution in [2.45, 2.75) is 20.8 Å². The van der Waals surface area contributed by atoms with Crippen LogP contribution in [0.5, 0.6) is 0 Å². The molecule has 0 saturated carbocycles. The van der Waals surface area contributed by atoms with Crippen molar-refractivity contribution in [3.05, 3.63) is 22.4 Å². The highest BCUT2D eigenvalue weighted by Crippen LogP contribution is 2.18. The van der Waals surface area contributed by atoms with Gasteiger partial charge < -0.3 is 11.1 Å². The van der Waals surface area contributed by atoms with Crippen molar-refractivity contribution in [3.63, 3.8) is 0 Å². The number of carbonyl (C=O) groups excluding carboxylic acids is 1. The first-order valence-electron chi connectivity index (χ1n) is 5.58. The molecule has 1 unspecified atom stereocenters. The Bertz CT molecular complexity index is 407. The quantitative estimate of drug-likeness (QED) is 0.839. The van der Waals surface area contributed by atoms with Gasteiger partial charge in [-0.15, -0.1) is 0 Å². The maximum absolute atomic E-state index is 12.0. The monoisotopic (exact) mass is 299 g/mol. The van der Waals surface area contributed by atoms with Gasteiger partial charge in [-0.1, -0.05) is 13.8 Å². The molecule has 0 saturated heterocycles. The Labute approximate surface area is 110 Å². The molecule has 0 aliphatic rings. The number of hydrogen-bond donors (Lipinski definition) is 2. The first kappa shape index (κ1) is 14.1. The van der Waals surface area contributed by atoms with E-state index in [1.54, 1.807) is 6.20 Å². The van der Waals surface area contributed by atoms with Crippen LogP contribution in [0.4, 0.5) is 5.69 Å². The Hall–Kier alpha value is -0.940. The number of rotatable bonds is 4. The summed E-state index contributed by atoms with van der Waals surface area (Å²) in [6.07, 6.45) is 1.63. The van der Waals surface area contributed by atoms with Crippen molar-refractivity contribution in [1.29, 1.82) is 0 Å². The van der Waals surface area contributed by atoms with Crippen LogP contribution in [0, 0.1) is 18.8 Å². The minimum atomic E-state index is -0.168. The number of amides is 1. The number of halogens is 1. The molecule has 1 amide bonds. The SMILES string of the molecule is Cc1cc(NC(=O)C(CN)C(C)C)cnc1Br. The lowest BCUT2D eigenvalue weighted by molar-refractivity contribution is -0.120. The highest BCUT2D eigenvalue weighted by Gasteiger charge is 2.20. The average molecular weight is 300 g/mol. The first-order valence-corrected chi connectivity index (χ1v) is 6.38. The summed E-state index contributed by atoms with van der Waals surface area (Å²) in [5, 5.41) is 2.84. The zero-order chi connectivity index (χ0) is 13.0. The summed E-state index contributed by atoms with van der Waals surface area (Å²) in [6, 6.07) is 1.88. The first-order chi connectivity index (χ1) is 7.95. The molecular weight excluding hydrogens is 282 g/mol. The fraction of sp³-hybridized carbons (Fsp3) is 0.500. The molecular formula is C12H18BrN3O. The van der Waals surface area contributed by atoms with E-state index in [-0.39, 0.29) is 17.7 Å². The van der Waals surface area contributed by atoms with Crippen LogP contribution >= 0.6 is 15.9 Å². The molecule has 3 N–H and O–H groups in total. The summed E-state index contributed by atoms with van der Waals surface area (Å²) in [5.41, 5.74) is 7.28. The molecule has 0 aromatic carbocycles. The van der Waals surface area contributed by atoms with Crippen LogP contribution in [0.15, 0.2) is 16.9 Å². The van der Waals surface area contributed by atoms with Crippen LogP contribution in [0.3, 0.4) is 0 Å². The number of nitrogens with zero attached hydrogens (tertiary/aromatic N) is 1. The van der Waals surface area contributed by atoms with E-state index in [1.165, 1.54) is 0 Å². The topological polar surface area (TPSA) is 68.0 Å². The summed E-state index contributed by atoms with van der Waals surface area (Å²) in [4.78, 5) is 16.1. The molecule has 17 heavy (non-hydrogen) atoms. The number of aromatic nitrogens is 1. The molecule has 1 atom stereocenters. The lowest BCUT2D eigenvalue weighted by Gasteiger charge is -2.18. The summed E-state index contributed by atoms with van der Waals surface area (Å²) in [7, 11) is 0. The Balaban J connectivity index is 2.77. The molecule has 0 radical (unpaired) electrons. The second kappa shape index (κ2) is 6.12. The normalized spacial score (nSPS) is 12.6. The minimum absolute atomic E-state index is 0.0500. The van der Waals surface area contributed by atoms with Crippen LogP contribution < -0.4 is 11.1 Å². The predicted molar refractivity (Wildman–Crippen MR) is 72.7 cm³/mol. The number of carbonyl (C=O) groups is 1. The van der Waals surface area contributed by atoms with E-state index >= 15 is 0 Å². The van der Waals surface area contributed by atoms with E-state index in [1.807, 2.05) is 26.8 Å². The van der Waals surface area contributed by atoms with Crippen LogP contribution in [0.2, 0.25) is 0 Å². The van der Waals surface area contributed by atoms with Gasteiger partial charge in [0.1, 0.15) is 4.60 Å². The smallest absolute Gasteiger partial charge is 0.229 e. The highest BCUT2D eigenvalue weighted by molar-refractivity contribution is 9.10. The molecule has 0 bridgehead atoms. The van der Waals surface area contributed by atoms with Crippen molar-refractivity contribution >= 4 is 27.5 Å². The molecule has 1 rings (SSSR count). The van der Waals surface area contributed by atoms with Gasteiger partial charge >= 0.3 is 0 Å². The molecule has 1 aromatic heterocycles. The lowest BCUT2D eigenvalue weighted by Crippen LogP contribution is -2.33. The van der Waals surface area contributed by atoms with E-state index in [2.05, 4.69) is 26.2 Å². The molecule has 0 aliphatic heterocycles. The van der Waals surface area contributed by atoms with Crippen LogP contribution in [0.1, 0.15) is 19.4 Å². The Kier molecular flexibility index (Phi) is 5.08. The number of hydrogen-bond acceptors (Lipinski definition) is 3. The molecule has 0 spiro atoms. The van der Waals surface area contributed by atoms with Crippen molar-refractivity contribution in [1.82, 2.24) is 4.98 Å². The van der Waals surface area contributed by atoms with Gasteiger partial charge in [0, 0.05) is 6.54 Å². The third kappa shape index (κ3) is 3.78. The Morgan fingerprint density at radius 1 is 1.59 bits per heavy atom. The minimum Gasteiger partial charge on any atom is -0.330 e. The summed E-state index contributed by atoms with van der Waals surface area (Å²) in [6.45, 7) is 6.26. The zero-order valence-electron chi connectivity index (χ0n) is 10.3. The second-order valence-electron chi connectivity index (χ2n) is 4.41. The standard InChI is InChI=1S/C12H18BrN3O/c1-7(2)10(5-14)12(17)16-9-4-8(3)11(13)15-6-9/h4,6-7,10H,5,14H2,1-3H3,(H,16,17). The van der Waals surface area contributed by atoms with E-state index in [9.17, 15) is 4.79 Å². The molecule has 1 aromatic rings. The number of pyridine rings is 1. The molecule has 1 heterocycles. The van der Waals surface area contributed by atoms with Crippen molar-refractivity contribution in [2.24, 2.45) is 17.6 Å². The van der Waals surface area contributed by atoms with Crippen molar-refractivity contribution < 1.29 is 4.79 Å². The number of anilines is 1. The third-order valence-electron chi connectivity index (χ3n) is 2.68. The molecule has 4 nitrogen and oxygen atoms in total. The van der Waals surface area contributed by atoms with Crippen LogP contribution in [-0.2, 0) is 4.79 Å². The molecule has 0 aliphatic carbocycles. The maximum atomic E-state index is 12.0. The van der Waals surface area contributed by atoms with Gasteiger partial charge in [0.2, 0.25) is 5.91 Å². The van der Waals surface area contributed by atoms with E-state index < -0.39 is 0 Å². The molecule has 5 heteroatoms. The fourth-order valence-electron chi connectivity index (χ4n) is 1.54. The lowest BCUT2D eigenvalue weighted by atomic mass is 9.95. The third-order valence-corrected chi connectivity index (χ3v) is 3.51. The number of aryl methyl sites for hydroxylation is 1. The van der Waals surface area contributed by atoms with Gasteiger partial charge in [0.15, 0.2) is 0 Å². The van der Waals surface area contributed by atoms with Crippen molar-refractivity contribution in [2.75, 3.05) is 11.9 Å². The van der Waals surface area contributed by atoms with Crippen molar-refractivity contribution in [3.8, 4) is 0 Å². The fourth-order valence-corrected chi connectivity index (χ4v) is 1.76. The molecule has 0 fully saturated rings. The second-order valence-corrected chi connectivity index (χ2v) is 5.16. The van der Waals surface area contributed by atoms with Gasteiger partial charge in [-0.25, -0.2) is 4.98 Å². The summed E-state index contributed by atoms with van der Waals surface area (Å²) in [5.74, 6) is 0.00878.